The minimum atomic E-state index is -0.402. The molecule has 3 amide bonds. The van der Waals surface area contributed by atoms with Gasteiger partial charge in [0, 0.05) is 31.9 Å². The molecule has 114 valence electrons. The highest BCUT2D eigenvalue weighted by Crippen LogP contribution is 2.11. The van der Waals surface area contributed by atoms with Crippen LogP contribution in [-0.2, 0) is 4.74 Å². The van der Waals surface area contributed by atoms with E-state index in [1.165, 1.54) is 25.3 Å². The maximum atomic E-state index is 13.1. The smallest absolute Gasteiger partial charge is 0.409 e. The standard InChI is InChI=1S/C14H18FN3O3/c1-21-14(20)18-7-3-6-17(8-9-18)13(19)16-12-5-2-4-11(15)10-12/h2,4-5,10H,3,6-9H2,1H3,(H,16,19). The van der Waals surface area contributed by atoms with E-state index in [2.05, 4.69) is 10.1 Å². The van der Waals surface area contributed by atoms with Gasteiger partial charge in [0.1, 0.15) is 5.82 Å². The van der Waals surface area contributed by atoms with Crippen LogP contribution in [-0.4, -0.2) is 55.2 Å². The minimum absolute atomic E-state index is 0.299. The van der Waals surface area contributed by atoms with Crippen LogP contribution in [0.4, 0.5) is 19.7 Å². The maximum absolute atomic E-state index is 13.1. The molecule has 0 aliphatic carbocycles. The summed E-state index contributed by atoms with van der Waals surface area (Å²) in [7, 11) is 1.33. The lowest BCUT2D eigenvalue weighted by Crippen LogP contribution is -2.39. The molecule has 0 bridgehead atoms. The summed E-state index contributed by atoms with van der Waals surface area (Å²) in [5.41, 5.74) is 0.411. The van der Waals surface area contributed by atoms with Gasteiger partial charge in [-0.05, 0) is 24.6 Å². The highest BCUT2D eigenvalue weighted by atomic mass is 19.1. The normalized spacial score (nSPS) is 15.3. The molecular weight excluding hydrogens is 277 g/mol. The molecule has 2 rings (SSSR count). The summed E-state index contributed by atoms with van der Waals surface area (Å²) < 4.78 is 17.8. The number of carbonyl (C=O) groups excluding carboxylic acids is 2. The number of urea groups is 1. The highest BCUT2D eigenvalue weighted by Gasteiger charge is 2.22. The molecule has 0 atom stereocenters. The van der Waals surface area contributed by atoms with E-state index in [1.54, 1.807) is 15.9 Å². The first kappa shape index (κ1) is 15.1. The number of ether oxygens (including phenoxy) is 1. The second-order valence-electron chi connectivity index (χ2n) is 4.74. The molecule has 1 N–H and O–H groups in total. The number of methoxy groups -OCH3 is 1. The molecule has 0 spiro atoms. The van der Waals surface area contributed by atoms with Crippen LogP contribution in [0.2, 0.25) is 0 Å². The van der Waals surface area contributed by atoms with E-state index in [1.807, 2.05) is 0 Å². The van der Waals surface area contributed by atoms with Crippen molar-refractivity contribution >= 4 is 17.8 Å². The number of nitrogens with one attached hydrogen (secondary N) is 1. The van der Waals surface area contributed by atoms with Crippen molar-refractivity contribution in [2.24, 2.45) is 0 Å². The number of rotatable bonds is 1. The van der Waals surface area contributed by atoms with E-state index in [9.17, 15) is 14.0 Å². The summed E-state index contributed by atoms with van der Waals surface area (Å²) in [6, 6.07) is 5.44. The second kappa shape index (κ2) is 6.92. The second-order valence-corrected chi connectivity index (χ2v) is 4.74. The van der Waals surface area contributed by atoms with E-state index in [0.29, 0.717) is 38.3 Å². The lowest BCUT2D eigenvalue weighted by atomic mass is 10.3. The molecule has 6 nitrogen and oxygen atoms in total. The molecule has 1 aliphatic heterocycles. The Morgan fingerprint density at radius 1 is 1.19 bits per heavy atom. The fourth-order valence-corrected chi connectivity index (χ4v) is 2.20. The predicted molar refractivity (Wildman–Crippen MR) is 75.6 cm³/mol. The first-order chi connectivity index (χ1) is 10.1. The van der Waals surface area contributed by atoms with Gasteiger partial charge in [-0.3, -0.25) is 0 Å². The topological polar surface area (TPSA) is 61.9 Å². The van der Waals surface area contributed by atoms with Crippen LogP contribution in [0.15, 0.2) is 24.3 Å². The molecule has 0 unspecified atom stereocenters. The molecule has 0 aromatic heterocycles. The van der Waals surface area contributed by atoms with Crippen molar-refractivity contribution in [3.05, 3.63) is 30.1 Å². The van der Waals surface area contributed by atoms with Crippen LogP contribution >= 0.6 is 0 Å². The average Bonchev–Trinajstić information content (AvgIpc) is 2.72. The van der Waals surface area contributed by atoms with Gasteiger partial charge in [0.25, 0.3) is 0 Å². The average molecular weight is 295 g/mol. The number of anilines is 1. The van der Waals surface area contributed by atoms with Crippen molar-refractivity contribution in [1.82, 2.24) is 9.80 Å². The number of nitrogens with zero attached hydrogens (tertiary/aromatic N) is 2. The number of hydrogen-bond donors (Lipinski definition) is 1. The predicted octanol–water partition coefficient (Wildman–Crippen LogP) is 2.13. The van der Waals surface area contributed by atoms with Crippen molar-refractivity contribution in [2.45, 2.75) is 6.42 Å². The molecule has 1 aromatic rings. The van der Waals surface area contributed by atoms with E-state index in [-0.39, 0.29) is 12.1 Å². The Bertz CT molecular complexity index is 524. The van der Waals surface area contributed by atoms with Crippen LogP contribution in [0.3, 0.4) is 0 Å². The van der Waals surface area contributed by atoms with E-state index >= 15 is 0 Å². The first-order valence-electron chi connectivity index (χ1n) is 6.74. The maximum Gasteiger partial charge on any atom is 0.409 e. The number of carbonyl (C=O) groups is 2. The number of amides is 3. The molecule has 0 radical (unpaired) electrons. The van der Waals surface area contributed by atoms with Crippen molar-refractivity contribution in [1.29, 1.82) is 0 Å². The van der Waals surface area contributed by atoms with Crippen LogP contribution in [0.5, 0.6) is 0 Å². The molecule has 1 aromatic carbocycles. The molecular formula is C14H18FN3O3. The highest BCUT2D eigenvalue weighted by molar-refractivity contribution is 5.89. The first-order valence-corrected chi connectivity index (χ1v) is 6.74. The van der Waals surface area contributed by atoms with Crippen LogP contribution in [0.1, 0.15) is 6.42 Å². The monoisotopic (exact) mass is 295 g/mol. The molecule has 1 fully saturated rings. The van der Waals surface area contributed by atoms with E-state index < -0.39 is 5.82 Å². The zero-order chi connectivity index (χ0) is 15.2. The van der Waals surface area contributed by atoms with Crippen LogP contribution in [0, 0.1) is 5.82 Å². The minimum Gasteiger partial charge on any atom is -0.453 e. The summed E-state index contributed by atoms with van der Waals surface area (Å²) in [6.07, 6.45) is 0.286. The van der Waals surface area contributed by atoms with Gasteiger partial charge in [-0.15, -0.1) is 0 Å². The van der Waals surface area contributed by atoms with Gasteiger partial charge in [0.2, 0.25) is 0 Å². The van der Waals surface area contributed by atoms with Gasteiger partial charge >= 0.3 is 12.1 Å². The van der Waals surface area contributed by atoms with Crippen molar-refractivity contribution in [3.63, 3.8) is 0 Å². The summed E-state index contributed by atoms with van der Waals surface area (Å²) >= 11 is 0. The van der Waals surface area contributed by atoms with Gasteiger partial charge in [0.15, 0.2) is 0 Å². The summed E-state index contributed by atoms with van der Waals surface area (Å²) in [5, 5.41) is 2.65. The molecule has 0 saturated carbocycles. The molecule has 7 heteroatoms. The van der Waals surface area contributed by atoms with Gasteiger partial charge in [-0.1, -0.05) is 6.07 Å². The summed E-state index contributed by atoms with van der Waals surface area (Å²) in [5.74, 6) is -0.402. The summed E-state index contributed by atoms with van der Waals surface area (Å²) in [6.45, 7) is 1.92. The largest absolute Gasteiger partial charge is 0.453 e. The fraction of sp³-hybridized carbons (Fsp3) is 0.429. The number of halogens is 1. The third kappa shape index (κ3) is 4.08. The molecule has 21 heavy (non-hydrogen) atoms. The van der Waals surface area contributed by atoms with Crippen molar-refractivity contribution in [2.75, 3.05) is 38.6 Å². The third-order valence-electron chi connectivity index (χ3n) is 3.29. The van der Waals surface area contributed by atoms with Crippen molar-refractivity contribution < 1.29 is 18.7 Å². The quantitative estimate of drug-likeness (QED) is 0.863. The van der Waals surface area contributed by atoms with Crippen LogP contribution < -0.4 is 5.32 Å². The molecule has 1 saturated heterocycles. The zero-order valence-electron chi connectivity index (χ0n) is 11.8. The van der Waals surface area contributed by atoms with Gasteiger partial charge in [-0.2, -0.15) is 0 Å². The Morgan fingerprint density at radius 2 is 1.90 bits per heavy atom. The molecule has 1 aliphatic rings. The third-order valence-corrected chi connectivity index (χ3v) is 3.29. The van der Waals surface area contributed by atoms with E-state index in [4.69, 9.17) is 0 Å². The zero-order valence-corrected chi connectivity index (χ0v) is 11.8. The Morgan fingerprint density at radius 3 is 2.62 bits per heavy atom. The van der Waals surface area contributed by atoms with Crippen molar-refractivity contribution in [3.8, 4) is 0 Å². The van der Waals surface area contributed by atoms with Gasteiger partial charge < -0.3 is 19.9 Å². The van der Waals surface area contributed by atoms with Gasteiger partial charge in [-0.25, -0.2) is 14.0 Å². The Labute approximate surface area is 122 Å². The van der Waals surface area contributed by atoms with E-state index in [0.717, 1.165) is 0 Å². The Hall–Kier alpha value is -2.31. The molecule has 1 heterocycles. The SMILES string of the molecule is COC(=O)N1CCCN(C(=O)Nc2cccc(F)c2)CC1. The fourth-order valence-electron chi connectivity index (χ4n) is 2.20. The Kier molecular flexibility index (Phi) is 4.97. The summed E-state index contributed by atoms with van der Waals surface area (Å²) in [4.78, 5) is 26.8. The number of benzene rings is 1. The van der Waals surface area contributed by atoms with Gasteiger partial charge in [0.05, 0.1) is 7.11 Å². The Balaban J connectivity index is 1.92. The van der Waals surface area contributed by atoms with Crippen LogP contribution in [0.25, 0.3) is 0 Å². The number of hydrogen-bond acceptors (Lipinski definition) is 3. The lowest BCUT2D eigenvalue weighted by molar-refractivity contribution is 0.125. The lowest BCUT2D eigenvalue weighted by Gasteiger charge is -2.21.